The first-order chi connectivity index (χ1) is 9.04. The first kappa shape index (κ1) is 13.8. The summed E-state index contributed by atoms with van der Waals surface area (Å²) < 4.78 is 0. The van der Waals surface area contributed by atoms with E-state index in [1.807, 2.05) is 18.7 Å². The molecular formula is C14H21N3O2. The highest BCUT2D eigenvalue weighted by Crippen LogP contribution is 2.27. The molecular weight excluding hydrogens is 242 g/mol. The first-order valence-electron chi connectivity index (χ1n) is 6.88. The smallest absolute Gasteiger partial charge is 0.326 e. The zero-order chi connectivity index (χ0) is 14.0. The standard InChI is InChI=1S/C14H21N3O2/c1-4-11-9(2)13(16-10(3)15-11)17-8-6-5-7-12(17)14(18)19/h12H,4-8H2,1-3H3,(H,18,19). The molecule has 0 aromatic carbocycles. The lowest BCUT2D eigenvalue weighted by atomic mass is 10.0. The lowest BCUT2D eigenvalue weighted by Crippen LogP contribution is -2.45. The Hall–Kier alpha value is -1.65. The van der Waals surface area contributed by atoms with Crippen molar-refractivity contribution in [2.75, 3.05) is 11.4 Å². The number of hydrogen-bond donors (Lipinski definition) is 1. The van der Waals surface area contributed by atoms with Crippen molar-refractivity contribution in [1.82, 2.24) is 9.97 Å². The molecule has 1 aromatic heterocycles. The maximum Gasteiger partial charge on any atom is 0.326 e. The second kappa shape index (κ2) is 5.55. The summed E-state index contributed by atoms with van der Waals surface area (Å²) in [6, 6.07) is -0.452. The van der Waals surface area contributed by atoms with E-state index in [0.29, 0.717) is 12.2 Å². The van der Waals surface area contributed by atoms with E-state index in [4.69, 9.17) is 0 Å². The van der Waals surface area contributed by atoms with Crippen LogP contribution in [0.4, 0.5) is 5.82 Å². The number of carbonyl (C=O) groups is 1. The molecule has 1 aliphatic rings. The number of aromatic nitrogens is 2. The van der Waals surface area contributed by atoms with Crippen molar-refractivity contribution >= 4 is 11.8 Å². The molecule has 1 saturated heterocycles. The Morgan fingerprint density at radius 2 is 2.11 bits per heavy atom. The van der Waals surface area contributed by atoms with Crippen LogP contribution in [-0.4, -0.2) is 33.6 Å². The van der Waals surface area contributed by atoms with Crippen LogP contribution in [0.1, 0.15) is 43.3 Å². The van der Waals surface area contributed by atoms with Crippen molar-refractivity contribution in [3.05, 3.63) is 17.1 Å². The predicted molar refractivity (Wildman–Crippen MR) is 73.5 cm³/mol. The maximum absolute atomic E-state index is 11.4. The van der Waals surface area contributed by atoms with E-state index in [-0.39, 0.29) is 0 Å². The van der Waals surface area contributed by atoms with Gasteiger partial charge >= 0.3 is 5.97 Å². The molecule has 1 atom stereocenters. The molecule has 0 amide bonds. The molecule has 1 aromatic rings. The summed E-state index contributed by atoms with van der Waals surface area (Å²) in [5.74, 6) is 0.761. The molecule has 1 unspecified atom stereocenters. The van der Waals surface area contributed by atoms with Crippen molar-refractivity contribution in [3.63, 3.8) is 0 Å². The van der Waals surface area contributed by atoms with E-state index in [1.165, 1.54) is 0 Å². The first-order valence-corrected chi connectivity index (χ1v) is 6.88. The fraction of sp³-hybridized carbons (Fsp3) is 0.643. The van der Waals surface area contributed by atoms with Gasteiger partial charge in [0.15, 0.2) is 0 Å². The minimum Gasteiger partial charge on any atom is -0.480 e. The third kappa shape index (κ3) is 2.69. The lowest BCUT2D eigenvalue weighted by Gasteiger charge is -2.35. The lowest BCUT2D eigenvalue weighted by molar-refractivity contribution is -0.139. The van der Waals surface area contributed by atoms with Crippen LogP contribution in [0.15, 0.2) is 0 Å². The quantitative estimate of drug-likeness (QED) is 0.904. The molecule has 1 aliphatic heterocycles. The van der Waals surface area contributed by atoms with Crippen LogP contribution >= 0.6 is 0 Å². The van der Waals surface area contributed by atoms with Gasteiger partial charge in [-0.3, -0.25) is 0 Å². The molecule has 0 aliphatic carbocycles. The van der Waals surface area contributed by atoms with Crippen LogP contribution in [0.2, 0.25) is 0 Å². The van der Waals surface area contributed by atoms with Gasteiger partial charge in [0.1, 0.15) is 17.7 Å². The van der Waals surface area contributed by atoms with Crippen molar-refractivity contribution in [1.29, 1.82) is 0 Å². The van der Waals surface area contributed by atoms with Crippen LogP contribution < -0.4 is 4.90 Å². The SMILES string of the molecule is CCc1nc(C)nc(N2CCCCC2C(=O)O)c1C. The van der Waals surface area contributed by atoms with Crippen molar-refractivity contribution in [2.45, 2.75) is 52.5 Å². The molecule has 1 fully saturated rings. The Balaban J connectivity index is 2.44. The van der Waals surface area contributed by atoms with E-state index < -0.39 is 12.0 Å². The van der Waals surface area contributed by atoms with E-state index in [2.05, 4.69) is 16.9 Å². The predicted octanol–water partition coefficient (Wildman–Crippen LogP) is 2.10. The Bertz CT molecular complexity index is 488. The monoisotopic (exact) mass is 263 g/mol. The van der Waals surface area contributed by atoms with Crippen LogP contribution in [0.25, 0.3) is 0 Å². The number of aliphatic carboxylic acids is 1. The van der Waals surface area contributed by atoms with Crippen molar-refractivity contribution < 1.29 is 9.90 Å². The van der Waals surface area contributed by atoms with Crippen LogP contribution in [0, 0.1) is 13.8 Å². The molecule has 0 spiro atoms. The van der Waals surface area contributed by atoms with Gasteiger partial charge in [0.05, 0.1) is 0 Å². The van der Waals surface area contributed by atoms with Gasteiger partial charge in [-0.2, -0.15) is 0 Å². The second-order valence-electron chi connectivity index (χ2n) is 5.06. The van der Waals surface area contributed by atoms with Crippen LogP contribution in [0.5, 0.6) is 0 Å². The number of aryl methyl sites for hydroxylation is 2. The van der Waals surface area contributed by atoms with E-state index in [9.17, 15) is 9.90 Å². The Labute approximate surface area is 113 Å². The van der Waals surface area contributed by atoms with Crippen LogP contribution in [0.3, 0.4) is 0 Å². The average molecular weight is 263 g/mol. The number of piperidine rings is 1. The normalized spacial score (nSPS) is 19.5. The summed E-state index contributed by atoms with van der Waals surface area (Å²) in [4.78, 5) is 22.3. The highest BCUT2D eigenvalue weighted by Gasteiger charge is 2.30. The van der Waals surface area contributed by atoms with E-state index in [0.717, 1.165) is 42.9 Å². The van der Waals surface area contributed by atoms with Gasteiger partial charge in [-0.05, 0) is 39.5 Å². The van der Waals surface area contributed by atoms with Crippen molar-refractivity contribution in [3.8, 4) is 0 Å². The van der Waals surface area contributed by atoms with Crippen LogP contribution in [-0.2, 0) is 11.2 Å². The summed E-state index contributed by atoms with van der Waals surface area (Å²) in [6.45, 7) is 6.67. The van der Waals surface area contributed by atoms with Gasteiger partial charge in [-0.1, -0.05) is 6.92 Å². The fourth-order valence-electron chi connectivity index (χ4n) is 2.74. The third-order valence-electron chi connectivity index (χ3n) is 3.73. The molecule has 104 valence electrons. The zero-order valence-electron chi connectivity index (χ0n) is 11.8. The Morgan fingerprint density at radius 3 is 2.74 bits per heavy atom. The minimum atomic E-state index is -0.756. The summed E-state index contributed by atoms with van der Waals surface area (Å²) in [5.41, 5.74) is 2.03. The summed E-state index contributed by atoms with van der Waals surface area (Å²) >= 11 is 0. The van der Waals surface area contributed by atoms with Crippen molar-refractivity contribution in [2.24, 2.45) is 0 Å². The molecule has 2 heterocycles. The third-order valence-corrected chi connectivity index (χ3v) is 3.73. The van der Waals surface area contributed by atoms with Gasteiger partial charge in [-0.25, -0.2) is 14.8 Å². The highest BCUT2D eigenvalue weighted by molar-refractivity contribution is 5.78. The number of carboxylic acid groups (broad SMARTS) is 1. The zero-order valence-corrected chi connectivity index (χ0v) is 11.8. The molecule has 5 nitrogen and oxygen atoms in total. The van der Waals surface area contributed by atoms with E-state index in [1.54, 1.807) is 0 Å². The van der Waals surface area contributed by atoms with Gasteiger partial charge < -0.3 is 10.0 Å². The largest absolute Gasteiger partial charge is 0.480 e. The molecule has 5 heteroatoms. The van der Waals surface area contributed by atoms with Gasteiger partial charge in [-0.15, -0.1) is 0 Å². The molecule has 0 bridgehead atoms. The second-order valence-corrected chi connectivity index (χ2v) is 5.06. The van der Waals surface area contributed by atoms with Gasteiger partial charge in [0, 0.05) is 17.8 Å². The summed E-state index contributed by atoms with van der Waals surface area (Å²) in [7, 11) is 0. The fourth-order valence-corrected chi connectivity index (χ4v) is 2.74. The molecule has 0 saturated carbocycles. The van der Waals surface area contributed by atoms with E-state index >= 15 is 0 Å². The van der Waals surface area contributed by atoms with Gasteiger partial charge in [0.2, 0.25) is 0 Å². The molecule has 0 radical (unpaired) electrons. The topological polar surface area (TPSA) is 66.3 Å². The Kier molecular flexibility index (Phi) is 4.02. The average Bonchev–Trinajstić information content (AvgIpc) is 2.41. The molecule has 2 rings (SSSR count). The number of carboxylic acids is 1. The number of hydrogen-bond acceptors (Lipinski definition) is 4. The number of rotatable bonds is 3. The number of anilines is 1. The molecule has 1 N–H and O–H groups in total. The summed E-state index contributed by atoms with van der Waals surface area (Å²) in [6.07, 6.45) is 3.53. The maximum atomic E-state index is 11.4. The molecule has 19 heavy (non-hydrogen) atoms. The summed E-state index contributed by atoms with van der Waals surface area (Å²) in [5, 5.41) is 9.37. The number of nitrogens with zero attached hydrogens (tertiary/aromatic N) is 3. The Morgan fingerprint density at radius 1 is 1.37 bits per heavy atom. The highest BCUT2D eigenvalue weighted by atomic mass is 16.4. The van der Waals surface area contributed by atoms with Gasteiger partial charge in [0.25, 0.3) is 0 Å². The minimum absolute atomic E-state index is 0.452.